The summed E-state index contributed by atoms with van der Waals surface area (Å²) in [4.78, 5) is 4.30. The number of benzene rings is 1. The molecule has 2 heterocycles. The first-order valence-corrected chi connectivity index (χ1v) is 6.98. The highest BCUT2D eigenvalue weighted by molar-refractivity contribution is 5.84. The van der Waals surface area contributed by atoms with Gasteiger partial charge in [0, 0.05) is 51.0 Å². The van der Waals surface area contributed by atoms with Crippen LogP contribution in [0.1, 0.15) is 12.0 Å². The third-order valence-electron chi connectivity index (χ3n) is 4.01. The zero-order chi connectivity index (χ0) is 13.8. The summed E-state index contributed by atoms with van der Waals surface area (Å²) in [6, 6.07) is 8.33. The lowest BCUT2D eigenvalue weighted by molar-refractivity contribution is -0.0159. The maximum atomic E-state index is 5.62. The van der Waals surface area contributed by atoms with Gasteiger partial charge in [-0.2, -0.15) is 0 Å². The van der Waals surface area contributed by atoms with Gasteiger partial charge in [-0.25, -0.2) is 0 Å². The minimum atomic E-state index is -0.169. The lowest BCUT2D eigenvalue weighted by Gasteiger charge is -2.26. The van der Waals surface area contributed by atoms with Gasteiger partial charge in [0.25, 0.3) is 0 Å². The van der Waals surface area contributed by atoms with Crippen LogP contribution in [-0.4, -0.2) is 37.5 Å². The molecule has 106 valence electrons. The van der Waals surface area contributed by atoms with E-state index >= 15 is 0 Å². The van der Waals surface area contributed by atoms with Gasteiger partial charge in [-0.3, -0.25) is 4.98 Å². The van der Waals surface area contributed by atoms with Crippen molar-refractivity contribution in [3.63, 3.8) is 0 Å². The van der Waals surface area contributed by atoms with E-state index in [4.69, 9.17) is 9.47 Å². The predicted octanol–water partition coefficient (Wildman–Crippen LogP) is 2.13. The second-order valence-electron chi connectivity index (χ2n) is 5.31. The molecule has 1 aromatic carbocycles. The molecule has 0 aliphatic carbocycles. The Labute approximate surface area is 119 Å². The van der Waals surface area contributed by atoms with Gasteiger partial charge in [0.1, 0.15) is 5.60 Å². The summed E-state index contributed by atoms with van der Waals surface area (Å²) < 4.78 is 11.1. The first kappa shape index (κ1) is 13.5. The molecule has 0 saturated carbocycles. The molecular formula is C16H20N2O2. The Morgan fingerprint density at radius 1 is 1.35 bits per heavy atom. The Kier molecular flexibility index (Phi) is 3.96. The van der Waals surface area contributed by atoms with Crippen LogP contribution in [0.25, 0.3) is 10.8 Å². The van der Waals surface area contributed by atoms with Gasteiger partial charge >= 0.3 is 0 Å². The number of nitrogens with zero attached hydrogens (tertiary/aromatic N) is 1. The fraction of sp³-hybridized carbons (Fsp3) is 0.438. The summed E-state index contributed by atoms with van der Waals surface area (Å²) in [5.74, 6) is 0. The lowest BCUT2D eigenvalue weighted by atomic mass is 10.0. The minimum absolute atomic E-state index is 0.169. The molecule has 2 aromatic rings. The number of nitrogens with one attached hydrogen (secondary N) is 1. The van der Waals surface area contributed by atoms with Crippen molar-refractivity contribution in [1.82, 2.24) is 10.3 Å². The van der Waals surface area contributed by atoms with Gasteiger partial charge in [-0.05, 0) is 10.9 Å². The van der Waals surface area contributed by atoms with E-state index in [2.05, 4.69) is 28.5 Å². The zero-order valence-corrected chi connectivity index (χ0v) is 11.8. The van der Waals surface area contributed by atoms with Gasteiger partial charge in [-0.1, -0.05) is 24.3 Å². The van der Waals surface area contributed by atoms with Crippen LogP contribution < -0.4 is 5.32 Å². The molecule has 1 unspecified atom stereocenters. The van der Waals surface area contributed by atoms with Crippen LogP contribution in [0, 0.1) is 0 Å². The Morgan fingerprint density at radius 2 is 2.25 bits per heavy atom. The number of methoxy groups -OCH3 is 1. The van der Waals surface area contributed by atoms with E-state index in [0.717, 1.165) is 26.1 Å². The number of ether oxygens (including phenoxy) is 2. The van der Waals surface area contributed by atoms with Crippen LogP contribution in [-0.2, 0) is 16.0 Å². The van der Waals surface area contributed by atoms with Crippen molar-refractivity contribution in [1.29, 1.82) is 0 Å². The molecule has 0 bridgehead atoms. The van der Waals surface area contributed by atoms with E-state index < -0.39 is 0 Å². The highest BCUT2D eigenvalue weighted by Crippen LogP contribution is 2.22. The van der Waals surface area contributed by atoms with Crippen LogP contribution in [0.2, 0.25) is 0 Å². The van der Waals surface area contributed by atoms with E-state index in [-0.39, 0.29) is 5.60 Å². The molecule has 0 spiro atoms. The van der Waals surface area contributed by atoms with E-state index in [1.165, 1.54) is 16.3 Å². The SMILES string of the molecule is COC1(CNCc2cncc3ccccc23)CCOC1. The molecule has 0 amide bonds. The third-order valence-corrected chi connectivity index (χ3v) is 4.01. The minimum Gasteiger partial charge on any atom is -0.378 e. The first-order chi connectivity index (χ1) is 9.83. The summed E-state index contributed by atoms with van der Waals surface area (Å²) in [7, 11) is 1.76. The number of pyridine rings is 1. The van der Waals surface area contributed by atoms with E-state index in [9.17, 15) is 0 Å². The summed E-state index contributed by atoms with van der Waals surface area (Å²) in [5.41, 5.74) is 1.05. The van der Waals surface area contributed by atoms with Gasteiger partial charge in [-0.15, -0.1) is 0 Å². The van der Waals surface area contributed by atoms with Gasteiger partial charge < -0.3 is 14.8 Å². The van der Waals surface area contributed by atoms with Crippen LogP contribution in [0.5, 0.6) is 0 Å². The zero-order valence-electron chi connectivity index (χ0n) is 11.8. The average molecular weight is 272 g/mol. The molecule has 4 heteroatoms. The number of rotatable bonds is 5. The summed E-state index contributed by atoms with van der Waals surface area (Å²) in [6.45, 7) is 3.04. The number of aromatic nitrogens is 1. The Morgan fingerprint density at radius 3 is 3.05 bits per heavy atom. The fourth-order valence-electron chi connectivity index (χ4n) is 2.71. The second kappa shape index (κ2) is 5.87. The quantitative estimate of drug-likeness (QED) is 0.905. The van der Waals surface area contributed by atoms with Crippen LogP contribution in [0.4, 0.5) is 0 Å². The Bertz CT molecular complexity index is 574. The standard InChI is InChI=1S/C16H20N2O2/c1-19-16(6-7-20-12-16)11-18-10-14-9-17-8-13-4-2-3-5-15(13)14/h2-5,8-9,18H,6-7,10-12H2,1H3. The van der Waals surface area contributed by atoms with Crippen molar-refractivity contribution in [3.05, 3.63) is 42.2 Å². The third kappa shape index (κ3) is 2.68. The van der Waals surface area contributed by atoms with Gasteiger partial charge in [0.05, 0.1) is 6.61 Å². The monoisotopic (exact) mass is 272 g/mol. The molecular weight excluding hydrogens is 252 g/mol. The molecule has 20 heavy (non-hydrogen) atoms. The molecule has 4 nitrogen and oxygen atoms in total. The van der Waals surface area contributed by atoms with Crippen LogP contribution in [0.15, 0.2) is 36.7 Å². The number of fused-ring (bicyclic) bond motifs is 1. The molecule has 0 radical (unpaired) electrons. The maximum Gasteiger partial charge on any atom is 0.106 e. The van der Waals surface area contributed by atoms with E-state index in [1.54, 1.807) is 7.11 Å². The highest BCUT2D eigenvalue weighted by atomic mass is 16.5. The van der Waals surface area contributed by atoms with Crippen LogP contribution in [0.3, 0.4) is 0 Å². The molecule has 3 rings (SSSR count). The molecule has 1 atom stereocenters. The first-order valence-electron chi connectivity index (χ1n) is 6.98. The Hall–Kier alpha value is -1.49. The maximum absolute atomic E-state index is 5.62. The molecule has 1 saturated heterocycles. The summed E-state index contributed by atoms with van der Waals surface area (Å²) >= 11 is 0. The van der Waals surface area contributed by atoms with Crippen molar-refractivity contribution in [2.45, 2.75) is 18.6 Å². The second-order valence-corrected chi connectivity index (χ2v) is 5.31. The smallest absolute Gasteiger partial charge is 0.106 e. The van der Waals surface area contributed by atoms with E-state index in [0.29, 0.717) is 6.61 Å². The molecule has 1 aromatic heterocycles. The average Bonchev–Trinajstić information content (AvgIpc) is 2.97. The van der Waals surface area contributed by atoms with Gasteiger partial charge in [0.2, 0.25) is 0 Å². The number of hydrogen-bond donors (Lipinski definition) is 1. The normalized spacial score (nSPS) is 22.4. The lowest BCUT2D eigenvalue weighted by Crippen LogP contribution is -2.42. The topological polar surface area (TPSA) is 43.4 Å². The largest absolute Gasteiger partial charge is 0.378 e. The fourth-order valence-corrected chi connectivity index (χ4v) is 2.71. The van der Waals surface area contributed by atoms with Crippen LogP contribution >= 0.6 is 0 Å². The highest BCUT2D eigenvalue weighted by Gasteiger charge is 2.34. The molecule has 1 aliphatic rings. The van der Waals surface area contributed by atoms with Gasteiger partial charge in [0.15, 0.2) is 0 Å². The summed E-state index contributed by atoms with van der Waals surface area (Å²) in [6.07, 6.45) is 4.78. The predicted molar refractivity (Wildman–Crippen MR) is 78.6 cm³/mol. The summed E-state index contributed by atoms with van der Waals surface area (Å²) in [5, 5.41) is 5.91. The number of hydrogen-bond acceptors (Lipinski definition) is 4. The van der Waals surface area contributed by atoms with Crippen molar-refractivity contribution in [2.24, 2.45) is 0 Å². The molecule has 1 aliphatic heterocycles. The Balaban J connectivity index is 1.68. The molecule has 1 fully saturated rings. The van der Waals surface area contributed by atoms with Crippen molar-refractivity contribution < 1.29 is 9.47 Å². The van der Waals surface area contributed by atoms with Crippen molar-refractivity contribution in [2.75, 3.05) is 26.9 Å². The van der Waals surface area contributed by atoms with Crippen molar-refractivity contribution in [3.8, 4) is 0 Å². The molecule has 1 N–H and O–H groups in total. The van der Waals surface area contributed by atoms with Crippen molar-refractivity contribution >= 4 is 10.8 Å². The van der Waals surface area contributed by atoms with E-state index in [1.807, 2.05) is 18.5 Å².